The number of hydrogen-bond donors (Lipinski definition) is 1. The minimum Gasteiger partial charge on any atom is -0.324 e. The smallest absolute Gasteiger partial charge is 0.283 e. The van der Waals surface area contributed by atoms with Gasteiger partial charge < -0.3 is 4.57 Å². The van der Waals surface area contributed by atoms with Gasteiger partial charge in [-0.1, -0.05) is 11.6 Å². The number of aryl methyl sites for hydroxylation is 2. The summed E-state index contributed by atoms with van der Waals surface area (Å²) in [7, 11) is -2.20. The van der Waals surface area contributed by atoms with Gasteiger partial charge in [0.1, 0.15) is 5.15 Å². The van der Waals surface area contributed by atoms with Gasteiger partial charge in [0.2, 0.25) is 5.03 Å². The zero-order valence-corrected chi connectivity index (χ0v) is 11.4. The van der Waals surface area contributed by atoms with E-state index in [9.17, 15) is 8.42 Å². The third-order valence-electron chi connectivity index (χ3n) is 2.29. The Morgan fingerprint density at radius 2 is 2.22 bits per heavy atom. The maximum atomic E-state index is 12.0. The molecular weight excluding hydrogens is 278 g/mol. The lowest BCUT2D eigenvalue weighted by Crippen LogP contribution is -2.14. The van der Waals surface area contributed by atoms with Crippen molar-refractivity contribution in [3.8, 4) is 0 Å². The van der Waals surface area contributed by atoms with Gasteiger partial charge in [0.05, 0.1) is 6.33 Å². The molecule has 0 aromatic carbocycles. The second-order valence-corrected chi connectivity index (χ2v) is 5.57. The summed E-state index contributed by atoms with van der Waals surface area (Å²) in [6.07, 6.45) is 3.01. The van der Waals surface area contributed by atoms with Gasteiger partial charge in [0, 0.05) is 25.9 Å². The first-order chi connectivity index (χ1) is 8.44. The Labute approximate surface area is 109 Å². The lowest BCUT2D eigenvalue weighted by atomic mass is 10.7. The fourth-order valence-corrected chi connectivity index (χ4v) is 2.78. The number of aromatic nitrogens is 4. The molecule has 1 N–H and O–H groups in total. The average Bonchev–Trinajstić information content (AvgIpc) is 2.87. The molecule has 0 bridgehead atoms. The summed E-state index contributed by atoms with van der Waals surface area (Å²) in [5.74, 6) is 0.235. The first-order valence-corrected chi connectivity index (χ1v) is 7.03. The van der Waals surface area contributed by atoms with Crippen molar-refractivity contribution in [3.05, 3.63) is 23.7 Å². The molecule has 98 valence electrons. The van der Waals surface area contributed by atoms with Gasteiger partial charge in [-0.25, -0.2) is 4.98 Å². The van der Waals surface area contributed by atoms with Gasteiger partial charge in [-0.3, -0.25) is 9.40 Å². The topological polar surface area (TPSA) is 81.8 Å². The number of imidazole rings is 1. The van der Waals surface area contributed by atoms with Gasteiger partial charge >= 0.3 is 0 Å². The van der Waals surface area contributed by atoms with E-state index >= 15 is 0 Å². The van der Waals surface area contributed by atoms with Crippen molar-refractivity contribution >= 4 is 27.4 Å². The second-order valence-electron chi connectivity index (χ2n) is 3.61. The van der Waals surface area contributed by atoms with Crippen molar-refractivity contribution in [2.75, 3.05) is 4.72 Å². The van der Waals surface area contributed by atoms with Crippen LogP contribution in [0.15, 0.2) is 23.6 Å². The summed E-state index contributed by atoms with van der Waals surface area (Å²) < 4.78 is 29.4. The average molecular weight is 290 g/mol. The molecule has 0 aliphatic heterocycles. The van der Waals surface area contributed by atoms with E-state index in [2.05, 4.69) is 14.8 Å². The largest absolute Gasteiger partial charge is 0.324 e. The van der Waals surface area contributed by atoms with Crippen LogP contribution in [0.3, 0.4) is 0 Å². The first-order valence-electron chi connectivity index (χ1n) is 5.17. The summed E-state index contributed by atoms with van der Waals surface area (Å²) in [5.41, 5.74) is 0. The SMILES string of the molecule is CCn1ccc(NS(=O)(=O)c2ncn(C)c2Cl)n1. The molecule has 0 spiro atoms. The highest BCUT2D eigenvalue weighted by atomic mass is 35.5. The normalized spacial score (nSPS) is 11.7. The number of nitrogens with zero attached hydrogens (tertiary/aromatic N) is 4. The predicted molar refractivity (Wildman–Crippen MR) is 66.9 cm³/mol. The van der Waals surface area contributed by atoms with Crippen molar-refractivity contribution in [2.24, 2.45) is 7.05 Å². The standard InChI is InChI=1S/C9H12ClN5O2S/c1-3-15-5-4-7(12-15)13-18(16,17)9-8(10)14(2)6-11-9/h4-6H,3H2,1-2H3,(H,12,13). The van der Waals surface area contributed by atoms with Crippen LogP contribution in [-0.2, 0) is 23.6 Å². The molecule has 2 rings (SSSR count). The summed E-state index contributed by atoms with van der Waals surface area (Å²) in [5, 5.41) is 3.87. The molecule has 2 aromatic rings. The van der Waals surface area contributed by atoms with Gasteiger partial charge in [0.25, 0.3) is 10.0 Å². The van der Waals surface area contributed by atoms with E-state index in [1.54, 1.807) is 24.0 Å². The number of anilines is 1. The van der Waals surface area contributed by atoms with Crippen LogP contribution in [0.2, 0.25) is 5.15 Å². The number of hydrogen-bond acceptors (Lipinski definition) is 4. The van der Waals surface area contributed by atoms with E-state index < -0.39 is 10.0 Å². The summed E-state index contributed by atoms with van der Waals surface area (Å²) >= 11 is 5.85. The Kier molecular flexibility index (Phi) is 3.31. The van der Waals surface area contributed by atoms with Crippen molar-refractivity contribution < 1.29 is 8.42 Å². The molecule has 0 aliphatic carbocycles. The van der Waals surface area contributed by atoms with Crippen LogP contribution in [0.5, 0.6) is 0 Å². The summed E-state index contributed by atoms with van der Waals surface area (Å²) in [4.78, 5) is 3.76. The molecule has 9 heteroatoms. The van der Waals surface area contributed by atoms with E-state index in [0.717, 1.165) is 0 Å². The van der Waals surface area contributed by atoms with E-state index in [1.807, 2.05) is 6.92 Å². The number of sulfonamides is 1. The maximum Gasteiger partial charge on any atom is 0.283 e. The highest BCUT2D eigenvalue weighted by Gasteiger charge is 2.23. The first kappa shape index (κ1) is 12.9. The number of nitrogens with one attached hydrogen (secondary N) is 1. The molecule has 18 heavy (non-hydrogen) atoms. The van der Waals surface area contributed by atoms with E-state index in [0.29, 0.717) is 6.54 Å². The minimum absolute atomic E-state index is 0.0532. The molecule has 0 fully saturated rings. The Hall–Kier alpha value is -1.54. The highest BCUT2D eigenvalue weighted by Crippen LogP contribution is 2.20. The molecule has 0 radical (unpaired) electrons. The molecular formula is C9H12ClN5O2S. The van der Waals surface area contributed by atoms with Crippen LogP contribution >= 0.6 is 11.6 Å². The number of rotatable bonds is 4. The van der Waals surface area contributed by atoms with Crippen molar-refractivity contribution in [1.82, 2.24) is 19.3 Å². The van der Waals surface area contributed by atoms with Crippen LogP contribution < -0.4 is 4.72 Å². The van der Waals surface area contributed by atoms with E-state index in [-0.39, 0.29) is 16.0 Å². The van der Waals surface area contributed by atoms with Crippen LogP contribution in [0, 0.1) is 0 Å². The van der Waals surface area contributed by atoms with Gasteiger partial charge in [-0.05, 0) is 6.92 Å². The number of halogens is 1. The lowest BCUT2D eigenvalue weighted by Gasteiger charge is -2.03. The molecule has 2 heterocycles. The van der Waals surface area contributed by atoms with Crippen LogP contribution in [0.25, 0.3) is 0 Å². The summed E-state index contributed by atoms with van der Waals surface area (Å²) in [6.45, 7) is 2.56. The quantitative estimate of drug-likeness (QED) is 0.913. The Balaban J connectivity index is 2.30. The Bertz CT molecular complexity index is 660. The molecule has 2 aromatic heterocycles. The van der Waals surface area contributed by atoms with Gasteiger partial charge in [-0.15, -0.1) is 0 Å². The molecule has 0 aliphatic rings. The highest BCUT2D eigenvalue weighted by molar-refractivity contribution is 7.92. The zero-order chi connectivity index (χ0) is 13.3. The van der Waals surface area contributed by atoms with Crippen LogP contribution in [-0.4, -0.2) is 27.7 Å². The van der Waals surface area contributed by atoms with E-state index in [4.69, 9.17) is 11.6 Å². The van der Waals surface area contributed by atoms with Crippen LogP contribution in [0.4, 0.5) is 5.82 Å². The monoisotopic (exact) mass is 289 g/mol. The lowest BCUT2D eigenvalue weighted by molar-refractivity contribution is 0.597. The predicted octanol–water partition coefficient (Wildman–Crippen LogP) is 1.09. The second kappa shape index (κ2) is 4.62. The molecule has 0 saturated carbocycles. The van der Waals surface area contributed by atoms with E-state index in [1.165, 1.54) is 10.9 Å². The fraction of sp³-hybridized carbons (Fsp3) is 0.333. The maximum absolute atomic E-state index is 12.0. The molecule has 0 atom stereocenters. The minimum atomic E-state index is -3.81. The fourth-order valence-electron chi connectivity index (χ4n) is 1.35. The Morgan fingerprint density at radius 3 is 2.72 bits per heavy atom. The van der Waals surface area contributed by atoms with Crippen LogP contribution in [0.1, 0.15) is 6.92 Å². The zero-order valence-electron chi connectivity index (χ0n) is 9.83. The summed E-state index contributed by atoms with van der Waals surface area (Å²) in [6, 6.07) is 1.57. The Morgan fingerprint density at radius 1 is 1.50 bits per heavy atom. The van der Waals surface area contributed by atoms with Crippen molar-refractivity contribution in [1.29, 1.82) is 0 Å². The van der Waals surface area contributed by atoms with Gasteiger partial charge in [-0.2, -0.15) is 13.5 Å². The third-order valence-corrected chi connectivity index (χ3v) is 4.14. The molecule has 0 saturated heterocycles. The third kappa shape index (κ3) is 2.34. The molecule has 0 unspecified atom stereocenters. The molecule has 0 amide bonds. The van der Waals surface area contributed by atoms with Crippen molar-refractivity contribution in [2.45, 2.75) is 18.5 Å². The van der Waals surface area contributed by atoms with Gasteiger partial charge in [0.15, 0.2) is 5.82 Å². The van der Waals surface area contributed by atoms with Crippen molar-refractivity contribution in [3.63, 3.8) is 0 Å². The molecule has 7 nitrogen and oxygen atoms in total.